The first kappa shape index (κ1) is 19.2. The third-order valence-corrected chi connectivity index (χ3v) is 6.77. The SMILES string of the molecule is CN(CCOCC(=O)N1CCc2sc(CN3CC(F)(F)C3)cc2C1)C1CC1. The van der Waals surface area contributed by atoms with Crippen molar-refractivity contribution >= 4 is 17.2 Å². The summed E-state index contributed by atoms with van der Waals surface area (Å²) in [6.45, 7) is 3.19. The van der Waals surface area contributed by atoms with Crippen molar-refractivity contribution in [1.29, 1.82) is 0 Å². The van der Waals surface area contributed by atoms with Crippen molar-refractivity contribution in [3.63, 3.8) is 0 Å². The molecule has 2 aliphatic heterocycles. The minimum atomic E-state index is -2.52. The van der Waals surface area contributed by atoms with E-state index in [0.717, 1.165) is 23.4 Å². The summed E-state index contributed by atoms with van der Waals surface area (Å²) in [5.74, 6) is -2.49. The molecular weight excluding hydrogens is 372 g/mol. The highest BCUT2D eigenvalue weighted by atomic mass is 32.1. The Labute approximate surface area is 162 Å². The third-order valence-electron chi connectivity index (χ3n) is 5.54. The van der Waals surface area contributed by atoms with E-state index in [-0.39, 0.29) is 25.6 Å². The summed E-state index contributed by atoms with van der Waals surface area (Å²) in [4.78, 5) is 20.7. The van der Waals surface area contributed by atoms with Gasteiger partial charge in [-0.3, -0.25) is 9.69 Å². The van der Waals surface area contributed by atoms with E-state index in [9.17, 15) is 13.6 Å². The maximum atomic E-state index is 13.0. The molecule has 27 heavy (non-hydrogen) atoms. The molecule has 4 rings (SSSR count). The molecule has 0 radical (unpaired) electrons. The lowest BCUT2D eigenvalue weighted by Crippen LogP contribution is -2.55. The quantitative estimate of drug-likeness (QED) is 0.628. The van der Waals surface area contributed by atoms with E-state index in [2.05, 4.69) is 18.0 Å². The third kappa shape index (κ3) is 4.85. The number of alkyl halides is 2. The van der Waals surface area contributed by atoms with E-state index in [1.54, 1.807) is 16.2 Å². The van der Waals surface area contributed by atoms with Crippen molar-refractivity contribution in [2.75, 3.05) is 46.4 Å². The van der Waals surface area contributed by atoms with Gasteiger partial charge in [-0.1, -0.05) is 0 Å². The van der Waals surface area contributed by atoms with Crippen molar-refractivity contribution in [1.82, 2.24) is 14.7 Å². The van der Waals surface area contributed by atoms with Gasteiger partial charge in [0.2, 0.25) is 5.91 Å². The molecule has 150 valence electrons. The van der Waals surface area contributed by atoms with Gasteiger partial charge in [-0.05, 0) is 37.9 Å². The molecule has 2 fully saturated rings. The van der Waals surface area contributed by atoms with E-state index in [1.807, 2.05) is 4.90 Å². The molecule has 0 spiro atoms. The van der Waals surface area contributed by atoms with Crippen LogP contribution >= 0.6 is 11.3 Å². The standard InChI is InChI=1S/C19H27F2N3O2S/c1-22(15-2-3-15)6-7-26-11-18(25)24-5-4-17-14(9-24)8-16(27-17)10-23-12-19(20,21)13-23/h8,15H,2-7,9-13H2,1H3. The molecule has 1 aromatic heterocycles. The first-order valence-electron chi connectivity index (χ1n) is 9.66. The van der Waals surface area contributed by atoms with Gasteiger partial charge in [-0.15, -0.1) is 11.3 Å². The van der Waals surface area contributed by atoms with E-state index < -0.39 is 5.92 Å². The zero-order valence-electron chi connectivity index (χ0n) is 15.8. The van der Waals surface area contributed by atoms with Crippen LogP contribution in [0.2, 0.25) is 0 Å². The second kappa shape index (κ2) is 7.73. The maximum Gasteiger partial charge on any atom is 0.272 e. The Morgan fingerprint density at radius 2 is 2.19 bits per heavy atom. The average Bonchev–Trinajstić information content (AvgIpc) is 3.36. The van der Waals surface area contributed by atoms with Gasteiger partial charge in [0.25, 0.3) is 5.92 Å². The smallest absolute Gasteiger partial charge is 0.272 e. The van der Waals surface area contributed by atoms with Crippen LogP contribution in [0.1, 0.15) is 28.2 Å². The number of nitrogens with zero attached hydrogens (tertiary/aromatic N) is 3. The van der Waals surface area contributed by atoms with E-state index >= 15 is 0 Å². The molecule has 5 nitrogen and oxygen atoms in total. The number of hydrogen-bond acceptors (Lipinski definition) is 5. The molecule has 0 bridgehead atoms. The molecule has 3 aliphatic rings. The Balaban J connectivity index is 1.21. The van der Waals surface area contributed by atoms with Gasteiger partial charge >= 0.3 is 0 Å². The number of hydrogen-bond donors (Lipinski definition) is 0. The van der Waals surface area contributed by atoms with Crippen LogP contribution in [0.4, 0.5) is 8.78 Å². The van der Waals surface area contributed by atoms with Crippen LogP contribution in [0, 0.1) is 0 Å². The number of likely N-dealkylation sites (N-methyl/N-ethyl adjacent to an activating group) is 1. The molecule has 1 amide bonds. The number of likely N-dealkylation sites (tertiary alicyclic amines) is 1. The van der Waals surface area contributed by atoms with Gasteiger partial charge < -0.3 is 14.5 Å². The predicted octanol–water partition coefficient (Wildman–Crippen LogP) is 2.19. The number of carbonyl (C=O) groups is 1. The minimum absolute atomic E-state index is 0.0323. The fraction of sp³-hybridized carbons (Fsp3) is 0.737. The van der Waals surface area contributed by atoms with Crippen LogP contribution in [0.3, 0.4) is 0 Å². The Morgan fingerprint density at radius 1 is 1.41 bits per heavy atom. The lowest BCUT2D eigenvalue weighted by Gasteiger charge is -2.38. The molecule has 0 N–H and O–H groups in total. The summed E-state index contributed by atoms with van der Waals surface area (Å²) >= 11 is 1.70. The molecule has 1 saturated carbocycles. The van der Waals surface area contributed by atoms with Gasteiger partial charge in [0, 0.05) is 42.0 Å². The second-order valence-electron chi connectivity index (χ2n) is 7.99. The topological polar surface area (TPSA) is 36.0 Å². The molecule has 1 saturated heterocycles. The average molecular weight is 400 g/mol. The number of thiophene rings is 1. The number of ether oxygens (including phenoxy) is 1. The summed E-state index contributed by atoms with van der Waals surface area (Å²) in [6.07, 6.45) is 3.38. The Hall–Kier alpha value is -1.09. The Morgan fingerprint density at radius 3 is 2.89 bits per heavy atom. The van der Waals surface area contributed by atoms with Crippen LogP contribution in [-0.4, -0.2) is 79.0 Å². The lowest BCUT2D eigenvalue weighted by atomic mass is 10.1. The van der Waals surface area contributed by atoms with Crippen LogP contribution in [-0.2, 0) is 29.0 Å². The molecule has 0 aromatic carbocycles. The predicted molar refractivity (Wildman–Crippen MR) is 100 cm³/mol. The van der Waals surface area contributed by atoms with Gasteiger partial charge in [-0.2, -0.15) is 0 Å². The number of rotatable bonds is 8. The van der Waals surface area contributed by atoms with Gasteiger partial charge in [0.15, 0.2) is 0 Å². The van der Waals surface area contributed by atoms with Crippen molar-refractivity contribution in [2.45, 2.75) is 44.3 Å². The molecule has 8 heteroatoms. The van der Waals surface area contributed by atoms with E-state index in [4.69, 9.17) is 4.74 Å². The summed E-state index contributed by atoms with van der Waals surface area (Å²) in [6, 6.07) is 2.79. The first-order chi connectivity index (χ1) is 12.9. The lowest BCUT2D eigenvalue weighted by molar-refractivity contribution is -0.137. The minimum Gasteiger partial charge on any atom is -0.370 e. The van der Waals surface area contributed by atoms with Crippen molar-refractivity contribution in [3.05, 3.63) is 21.4 Å². The molecule has 3 heterocycles. The molecule has 1 aromatic rings. The van der Waals surface area contributed by atoms with Crippen LogP contribution < -0.4 is 0 Å². The van der Waals surface area contributed by atoms with Gasteiger partial charge in [0.1, 0.15) is 6.61 Å². The van der Waals surface area contributed by atoms with Crippen molar-refractivity contribution < 1.29 is 18.3 Å². The zero-order chi connectivity index (χ0) is 19.0. The number of carbonyl (C=O) groups excluding carboxylic acids is 1. The highest BCUT2D eigenvalue weighted by Crippen LogP contribution is 2.33. The van der Waals surface area contributed by atoms with Gasteiger partial charge in [-0.25, -0.2) is 8.78 Å². The highest BCUT2D eigenvalue weighted by Gasteiger charge is 2.43. The maximum absolute atomic E-state index is 13.0. The number of halogens is 2. The normalized spacial score (nSPS) is 22.0. The zero-order valence-corrected chi connectivity index (χ0v) is 16.6. The second-order valence-corrected chi connectivity index (χ2v) is 9.21. The number of amides is 1. The van der Waals surface area contributed by atoms with E-state index in [1.165, 1.54) is 17.7 Å². The van der Waals surface area contributed by atoms with Crippen LogP contribution in [0.25, 0.3) is 0 Å². The monoisotopic (exact) mass is 399 g/mol. The summed E-state index contributed by atoms with van der Waals surface area (Å²) in [5, 5.41) is 0. The van der Waals surface area contributed by atoms with Crippen molar-refractivity contribution in [3.8, 4) is 0 Å². The Bertz CT molecular complexity index is 684. The number of fused-ring (bicyclic) bond motifs is 1. The summed E-state index contributed by atoms with van der Waals surface area (Å²) in [7, 11) is 2.10. The van der Waals surface area contributed by atoms with Crippen molar-refractivity contribution in [2.24, 2.45) is 0 Å². The van der Waals surface area contributed by atoms with Crippen LogP contribution in [0.5, 0.6) is 0 Å². The molecule has 1 aliphatic carbocycles. The largest absolute Gasteiger partial charge is 0.370 e. The summed E-state index contributed by atoms with van der Waals surface area (Å²) < 4.78 is 31.5. The molecule has 0 unspecified atom stereocenters. The van der Waals surface area contributed by atoms with Crippen LogP contribution in [0.15, 0.2) is 6.07 Å². The Kier molecular flexibility index (Phi) is 5.51. The molecule has 0 atom stereocenters. The fourth-order valence-corrected chi connectivity index (χ4v) is 5.00. The van der Waals surface area contributed by atoms with E-state index in [0.29, 0.717) is 32.3 Å². The highest BCUT2D eigenvalue weighted by molar-refractivity contribution is 7.12. The summed E-state index contributed by atoms with van der Waals surface area (Å²) in [5.41, 5.74) is 1.16. The molecular formula is C19H27F2N3O2S. The fourth-order valence-electron chi connectivity index (χ4n) is 3.78. The first-order valence-corrected chi connectivity index (χ1v) is 10.5. The van der Waals surface area contributed by atoms with Gasteiger partial charge in [0.05, 0.1) is 19.7 Å².